The van der Waals surface area contributed by atoms with Gasteiger partial charge in [-0.3, -0.25) is 0 Å². The molecule has 0 saturated carbocycles. The Bertz CT molecular complexity index is 449. The van der Waals surface area contributed by atoms with Crippen LogP contribution in [0.15, 0.2) is 22.4 Å². The van der Waals surface area contributed by atoms with Crippen molar-refractivity contribution in [2.24, 2.45) is 0 Å². The number of rotatable bonds is 3. The summed E-state index contributed by atoms with van der Waals surface area (Å²) in [5.41, 5.74) is 4.29. The third-order valence-electron chi connectivity index (χ3n) is 2.48. The highest BCUT2D eigenvalue weighted by molar-refractivity contribution is 8.21. The minimum atomic E-state index is 0.781. The molecule has 84 valence electrons. The standard InChI is InChI=1S/C13H15NS2/c1-9-5-6-11(7-10(9)2)12(8-14)13(15-3)16-4/h5-7H,1-4H3. The van der Waals surface area contributed by atoms with Gasteiger partial charge >= 0.3 is 0 Å². The highest BCUT2D eigenvalue weighted by Gasteiger charge is 2.08. The summed E-state index contributed by atoms with van der Waals surface area (Å²) in [5.74, 6) is 0. The topological polar surface area (TPSA) is 23.8 Å². The van der Waals surface area contributed by atoms with Crippen LogP contribution in [0.1, 0.15) is 16.7 Å². The Labute approximate surface area is 106 Å². The van der Waals surface area contributed by atoms with E-state index in [2.05, 4.69) is 32.0 Å². The Balaban J connectivity index is 3.30. The van der Waals surface area contributed by atoms with Gasteiger partial charge in [-0.2, -0.15) is 5.26 Å². The van der Waals surface area contributed by atoms with Crippen LogP contribution in [-0.4, -0.2) is 12.5 Å². The maximum Gasteiger partial charge on any atom is 0.101 e. The Kier molecular flexibility index (Phi) is 4.98. The molecule has 0 fully saturated rings. The van der Waals surface area contributed by atoms with Gasteiger partial charge in [-0.1, -0.05) is 18.2 Å². The van der Waals surface area contributed by atoms with Gasteiger partial charge < -0.3 is 0 Å². The molecule has 0 spiro atoms. The van der Waals surface area contributed by atoms with Gasteiger partial charge in [-0.25, -0.2) is 0 Å². The van der Waals surface area contributed by atoms with Gasteiger partial charge in [0, 0.05) is 0 Å². The Morgan fingerprint density at radius 1 is 1.12 bits per heavy atom. The van der Waals surface area contributed by atoms with Gasteiger partial charge in [0.05, 0.1) is 9.81 Å². The van der Waals surface area contributed by atoms with E-state index in [-0.39, 0.29) is 0 Å². The number of thioether (sulfide) groups is 2. The number of allylic oxidation sites excluding steroid dienone is 1. The molecule has 0 aromatic heterocycles. The lowest BCUT2D eigenvalue weighted by molar-refractivity contribution is 1.33. The van der Waals surface area contributed by atoms with Crippen LogP contribution < -0.4 is 0 Å². The Hall–Kier alpha value is -0.850. The van der Waals surface area contributed by atoms with Gasteiger partial charge in [0.1, 0.15) is 6.07 Å². The largest absolute Gasteiger partial charge is 0.192 e. The SMILES string of the molecule is CSC(SC)=C(C#N)c1ccc(C)c(C)c1. The summed E-state index contributed by atoms with van der Waals surface area (Å²) in [6, 6.07) is 8.48. The number of hydrogen-bond donors (Lipinski definition) is 0. The lowest BCUT2D eigenvalue weighted by Gasteiger charge is -2.07. The van der Waals surface area contributed by atoms with E-state index in [0.29, 0.717) is 0 Å². The molecule has 0 bridgehead atoms. The van der Waals surface area contributed by atoms with Crippen LogP contribution in [0, 0.1) is 25.2 Å². The number of benzene rings is 1. The number of nitriles is 1. The molecule has 0 atom stereocenters. The van der Waals surface area contributed by atoms with Crippen molar-refractivity contribution < 1.29 is 0 Å². The van der Waals surface area contributed by atoms with E-state index in [9.17, 15) is 5.26 Å². The molecule has 1 aromatic rings. The lowest BCUT2D eigenvalue weighted by atomic mass is 10.0. The lowest BCUT2D eigenvalue weighted by Crippen LogP contribution is -1.88. The van der Waals surface area contributed by atoms with E-state index >= 15 is 0 Å². The van der Waals surface area contributed by atoms with Gasteiger partial charge in [0.2, 0.25) is 0 Å². The zero-order valence-corrected chi connectivity index (χ0v) is 11.6. The molecule has 1 aromatic carbocycles. The predicted molar refractivity (Wildman–Crippen MR) is 75.5 cm³/mol. The first kappa shape index (κ1) is 13.2. The molecular formula is C13H15NS2. The smallest absolute Gasteiger partial charge is 0.101 e. The molecule has 0 unspecified atom stereocenters. The highest BCUT2D eigenvalue weighted by atomic mass is 32.2. The van der Waals surface area contributed by atoms with E-state index in [1.807, 2.05) is 18.6 Å². The molecule has 0 N–H and O–H groups in total. The molecule has 1 rings (SSSR count). The molecule has 3 heteroatoms. The monoisotopic (exact) mass is 249 g/mol. The van der Waals surface area contributed by atoms with Crippen LogP contribution in [0.2, 0.25) is 0 Å². The Morgan fingerprint density at radius 2 is 1.75 bits per heavy atom. The first-order valence-corrected chi connectivity index (χ1v) is 7.39. The van der Waals surface area contributed by atoms with Gasteiger partial charge in [0.15, 0.2) is 0 Å². The number of hydrogen-bond acceptors (Lipinski definition) is 3. The second-order valence-electron chi connectivity index (χ2n) is 3.48. The fraction of sp³-hybridized carbons (Fsp3) is 0.308. The minimum absolute atomic E-state index is 0.781. The van der Waals surface area contributed by atoms with E-state index in [1.54, 1.807) is 23.5 Å². The minimum Gasteiger partial charge on any atom is -0.192 e. The second kappa shape index (κ2) is 6.03. The van der Waals surface area contributed by atoms with Gasteiger partial charge in [0.25, 0.3) is 0 Å². The molecule has 0 saturated heterocycles. The van der Waals surface area contributed by atoms with Crippen LogP contribution in [0.25, 0.3) is 5.57 Å². The van der Waals surface area contributed by atoms with E-state index in [0.717, 1.165) is 15.4 Å². The van der Waals surface area contributed by atoms with E-state index < -0.39 is 0 Å². The summed E-state index contributed by atoms with van der Waals surface area (Å²) < 4.78 is 1.07. The number of nitrogens with zero attached hydrogens (tertiary/aromatic N) is 1. The summed E-state index contributed by atoms with van der Waals surface area (Å²) in [7, 11) is 0. The zero-order chi connectivity index (χ0) is 12.1. The molecule has 0 heterocycles. The van der Waals surface area contributed by atoms with Crippen molar-refractivity contribution in [2.45, 2.75) is 13.8 Å². The molecule has 16 heavy (non-hydrogen) atoms. The third-order valence-corrected chi connectivity index (χ3v) is 4.63. The van der Waals surface area contributed by atoms with Crippen molar-refractivity contribution in [2.75, 3.05) is 12.5 Å². The zero-order valence-electron chi connectivity index (χ0n) is 10.00. The normalized spacial score (nSPS) is 9.69. The van der Waals surface area contributed by atoms with Crippen LogP contribution in [0.4, 0.5) is 0 Å². The van der Waals surface area contributed by atoms with Crippen LogP contribution in [0.3, 0.4) is 0 Å². The summed E-state index contributed by atoms with van der Waals surface area (Å²) in [5, 5.41) is 9.24. The van der Waals surface area contributed by atoms with Crippen LogP contribution in [0.5, 0.6) is 0 Å². The second-order valence-corrected chi connectivity index (χ2v) is 5.37. The highest BCUT2D eigenvalue weighted by Crippen LogP contribution is 2.33. The maximum absolute atomic E-state index is 9.24. The van der Waals surface area contributed by atoms with Crippen LogP contribution >= 0.6 is 23.5 Å². The summed E-state index contributed by atoms with van der Waals surface area (Å²) in [6.45, 7) is 4.16. The van der Waals surface area contributed by atoms with Gasteiger partial charge in [-0.15, -0.1) is 23.5 Å². The quantitative estimate of drug-likeness (QED) is 0.749. The molecule has 0 aliphatic rings. The van der Waals surface area contributed by atoms with Crippen molar-refractivity contribution in [3.8, 4) is 6.07 Å². The average molecular weight is 249 g/mol. The molecule has 1 nitrogen and oxygen atoms in total. The molecular weight excluding hydrogens is 234 g/mol. The number of aryl methyl sites for hydroxylation is 2. The van der Waals surface area contributed by atoms with Crippen molar-refractivity contribution in [3.63, 3.8) is 0 Å². The Morgan fingerprint density at radius 3 is 2.19 bits per heavy atom. The molecule has 0 radical (unpaired) electrons. The van der Waals surface area contributed by atoms with E-state index in [4.69, 9.17) is 0 Å². The summed E-state index contributed by atoms with van der Waals surface area (Å²) >= 11 is 3.26. The summed E-state index contributed by atoms with van der Waals surface area (Å²) in [4.78, 5) is 0. The fourth-order valence-electron chi connectivity index (χ4n) is 1.41. The third kappa shape index (κ3) is 2.84. The predicted octanol–water partition coefficient (Wildman–Crippen LogP) is 4.22. The van der Waals surface area contributed by atoms with Gasteiger partial charge in [-0.05, 0) is 43.0 Å². The average Bonchev–Trinajstić information content (AvgIpc) is 2.29. The van der Waals surface area contributed by atoms with Crippen LogP contribution in [-0.2, 0) is 0 Å². The first-order valence-electron chi connectivity index (χ1n) is 4.94. The maximum atomic E-state index is 9.24. The summed E-state index contributed by atoms with van der Waals surface area (Å²) in [6.07, 6.45) is 4.01. The van der Waals surface area contributed by atoms with E-state index in [1.165, 1.54) is 11.1 Å². The van der Waals surface area contributed by atoms with Crippen molar-refractivity contribution in [1.82, 2.24) is 0 Å². The van der Waals surface area contributed by atoms with Crippen molar-refractivity contribution >= 4 is 29.1 Å². The molecule has 0 amide bonds. The molecule has 0 aliphatic heterocycles. The van der Waals surface area contributed by atoms with Crippen molar-refractivity contribution in [1.29, 1.82) is 5.26 Å². The van der Waals surface area contributed by atoms with Crippen molar-refractivity contribution in [3.05, 3.63) is 39.1 Å². The molecule has 0 aliphatic carbocycles. The first-order chi connectivity index (χ1) is 7.63. The fourth-order valence-corrected chi connectivity index (χ4v) is 2.81.